The second kappa shape index (κ2) is 8.63. The fourth-order valence-electron chi connectivity index (χ4n) is 4.59. The number of aryl methyl sites for hydroxylation is 1. The standard InChI is InChI=1S/C28H24N2O4/c1-18-11-13-20(14-12-18)25-21-8-4-5-9-22(21)27(32)29(2)26(25)28(33)34-17-24(31)30-16-15-19-7-3-6-10-23(19)30/h3-14H,15-17H2,1-2H3. The number of nitrogens with zero attached hydrogens (tertiary/aromatic N) is 2. The molecule has 0 saturated carbocycles. The van der Waals surface area contributed by atoms with Crippen LogP contribution in [0.3, 0.4) is 0 Å². The van der Waals surface area contributed by atoms with E-state index in [0.29, 0.717) is 22.9 Å². The number of fused-ring (bicyclic) bond motifs is 2. The van der Waals surface area contributed by atoms with E-state index in [4.69, 9.17) is 4.74 Å². The van der Waals surface area contributed by atoms with Crippen LogP contribution in [0, 0.1) is 6.92 Å². The smallest absolute Gasteiger partial charge is 0.356 e. The third-order valence-corrected chi connectivity index (χ3v) is 6.35. The number of carbonyl (C=O) groups excluding carboxylic acids is 2. The third-order valence-electron chi connectivity index (χ3n) is 6.35. The molecule has 5 rings (SSSR count). The van der Waals surface area contributed by atoms with Gasteiger partial charge in [-0.05, 0) is 42.0 Å². The van der Waals surface area contributed by atoms with Gasteiger partial charge < -0.3 is 14.2 Å². The van der Waals surface area contributed by atoms with Crippen molar-refractivity contribution < 1.29 is 14.3 Å². The van der Waals surface area contributed by atoms with E-state index >= 15 is 0 Å². The van der Waals surface area contributed by atoms with Gasteiger partial charge in [-0.25, -0.2) is 4.79 Å². The van der Waals surface area contributed by atoms with Gasteiger partial charge in [-0.15, -0.1) is 0 Å². The van der Waals surface area contributed by atoms with Crippen molar-refractivity contribution in [3.63, 3.8) is 0 Å². The van der Waals surface area contributed by atoms with Crippen LogP contribution in [0.4, 0.5) is 5.69 Å². The summed E-state index contributed by atoms with van der Waals surface area (Å²) >= 11 is 0. The van der Waals surface area contributed by atoms with E-state index in [-0.39, 0.29) is 17.2 Å². The van der Waals surface area contributed by atoms with Crippen molar-refractivity contribution in [2.45, 2.75) is 13.3 Å². The van der Waals surface area contributed by atoms with Crippen molar-refractivity contribution in [2.24, 2.45) is 7.05 Å². The molecule has 3 aromatic carbocycles. The number of carbonyl (C=O) groups is 2. The molecule has 0 bridgehead atoms. The number of benzene rings is 3. The lowest BCUT2D eigenvalue weighted by Crippen LogP contribution is -2.34. The Hall–Kier alpha value is -4.19. The molecular formula is C28H24N2O4. The second-order valence-electron chi connectivity index (χ2n) is 8.50. The minimum Gasteiger partial charge on any atom is -0.451 e. The van der Waals surface area contributed by atoms with Gasteiger partial charge in [0.15, 0.2) is 6.61 Å². The van der Waals surface area contributed by atoms with E-state index in [1.54, 1.807) is 24.1 Å². The molecule has 1 amide bonds. The molecule has 1 aliphatic heterocycles. The van der Waals surface area contributed by atoms with E-state index in [1.807, 2.05) is 67.6 Å². The zero-order chi connectivity index (χ0) is 23.8. The Kier molecular flexibility index (Phi) is 5.49. The van der Waals surface area contributed by atoms with Crippen molar-refractivity contribution in [2.75, 3.05) is 18.1 Å². The molecule has 4 aromatic rings. The fourth-order valence-corrected chi connectivity index (χ4v) is 4.59. The largest absolute Gasteiger partial charge is 0.451 e. The number of anilines is 1. The highest BCUT2D eigenvalue weighted by Gasteiger charge is 2.27. The Bertz CT molecular complexity index is 1490. The average Bonchev–Trinajstić information content (AvgIpc) is 3.29. The number of rotatable bonds is 4. The van der Waals surface area contributed by atoms with E-state index < -0.39 is 12.6 Å². The van der Waals surface area contributed by atoms with Crippen LogP contribution in [-0.2, 0) is 23.0 Å². The molecule has 6 nitrogen and oxygen atoms in total. The molecular weight excluding hydrogens is 428 g/mol. The number of hydrogen-bond acceptors (Lipinski definition) is 4. The van der Waals surface area contributed by atoms with Gasteiger partial charge in [0.2, 0.25) is 0 Å². The Labute approximate surface area is 197 Å². The van der Waals surface area contributed by atoms with Crippen molar-refractivity contribution in [3.05, 3.63) is 100.0 Å². The maximum Gasteiger partial charge on any atom is 0.356 e. The van der Waals surface area contributed by atoms with Crippen molar-refractivity contribution >= 4 is 28.3 Å². The summed E-state index contributed by atoms with van der Waals surface area (Å²) in [6, 6.07) is 22.7. The van der Waals surface area contributed by atoms with E-state index in [9.17, 15) is 14.4 Å². The number of pyridine rings is 1. The maximum absolute atomic E-state index is 13.3. The highest BCUT2D eigenvalue weighted by atomic mass is 16.5. The molecule has 0 N–H and O–H groups in total. The zero-order valence-electron chi connectivity index (χ0n) is 19.1. The van der Waals surface area contributed by atoms with Gasteiger partial charge >= 0.3 is 5.97 Å². The lowest BCUT2D eigenvalue weighted by molar-refractivity contribution is -0.121. The topological polar surface area (TPSA) is 68.6 Å². The molecule has 0 spiro atoms. The number of amides is 1. The Balaban J connectivity index is 1.52. The first kappa shape index (κ1) is 21.6. The number of para-hydroxylation sites is 1. The van der Waals surface area contributed by atoms with Crippen LogP contribution in [0.15, 0.2) is 77.6 Å². The van der Waals surface area contributed by atoms with E-state index in [2.05, 4.69) is 0 Å². The zero-order valence-corrected chi connectivity index (χ0v) is 19.1. The summed E-state index contributed by atoms with van der Waals surface area (Å²) in [6.07, 6.45) is 0.770. The predicted molar refractivity (Wildman–Crippen MR) is 132 cm³/mol. The van der Waals surface area contributed by atoms with Crippen LogP contribution in [0.2, 0.25) is 0 Å². The molecule has 0 fully saturated rings. The summed E-state index contributed by atoms with van der Waals surface area (Å²) in [6.45, 7) is 2.14. The minimum absolute atomic E-state index is 0.127. The van der Waals surface area contributed by atoms with Crippen LogP contribution in [0.25, 0.3) is 21.9 Å². The second-order valence-corrected chi connectivity index (χ2v) is 8.50. The van der Waals surface area contributed by atoms with Crippen molar-refractivity contribution in [1.29, 1.82) is 0 Å². The minimum atomic E-state index is -0.707. The Morgan fingerprint density at radius 1 is 0.912 bits per heavy atom. The maximum atomic E-state index is 13.3. The monoisotopic (exact) mass is 452 g/mol. The fraction of sp³-hybridized carbons (Fsp3) is 0.179. The van der Waals surface area contributed by atoms with Crippen LogP contribution in [-0.4, -0.2) is 29.6 Å². The number of esters is 1. The lowest BCUT2D eigenvalue weighted by Gasteiger charge is -2.19. The molecule has 0 saturated heterocycles. The number of hydrogen-bond donors (Lipinski definition) is 0. The van der Waals surface area contributed by atoms with Crippen molar-refractivity contribution in [3.8, 4) is 11.1 Å². The molecule has 1 aromatic heterocycles. The van der Waals surface area contributed by atoms with Crippen LogP contribution >= 0.6 is 0 Å². The lowest BCUT2D eigenvalue weighted by atomic mass is 9.96. The van der Waals surface area contributed by atoms with Gasteiger partial charge in [0.25, 0.3) is 11.5 Å². The van der Waals surface area contributed by atoms with Crippen LogP contribution < -0.4 is 10.5 Å². The molecule has 0 radical (unpaired) electrons. The molecule has 0 atom stereocenters. The summed E-state index contributed by atoms with van der Waals surface area (Å²) in [5, 5.41) is 1.18. The summed E-state index contributed by atoms with van der Waals surface area (Å²) < 4.78 is 6.81. The summed E-state index contributed by atoms with van der Waals surface area (Å²) in [5.41, 5.74) is 4.27. The molecule has 34 heavy (non-hydrogen) atoms. The highest BCUT2D eigenvalue weighted by Crippen LogP contribution is 2.31. The third kappa shape index (κ3) is 3.67. The highest BCUT2D eigenvalue weighted by molar-refractivity contribution is 6.07. The SMILES string of the molecule is Cc1ccc(-c2c(C(=O)OCC(=O)N3CCc4ccccc43)n(C)c(=O)c3ccccc23)cc1. The van der Waals surface area contributed by atoms with E-state index in [1.165, 1.54) is 4.57 Å². The summed E-state index contributed by atoms with van der Waals surface area (Å²) in [7, 11) is 1.56. The first-order valence-electron chi connectivity index (χ1n) is 11.2. The van der Waals surface area contributed by atoms with Crippen LogP contribution in [0.5, 0.6) is 0 Å². The molecule has 170 valence electrons. The van der Waals surface area contributed by atoms with Crippen molar-refractivity contribution in [1.82, 2.24) is 4.57 Å². The van der Waals surface area contributed by atoms with Gasteiger partial charge in [0.05, 0.1) is 0 Å². The normalized spacial score (nSPS) is 12.6. The molecule has 0 unspecified atom stereocenters. The van der Waals surface area contributed by atoms with Gasteiger partial charge in [-0.2, -0.15) is 0 Å². The molecule has 1 aliphatic rings. The van der Waals surface area contributed by atoms with Gasteiger partial charge in [0.1, 0.15) is 5.69 Å². The Morgan fingerprint density at radius 3 is 2.35 bits per heavy atom. The Morgan fingerprint density at radius 2 is 1.59 bits per heavy atom. The molecule has 2 heterocycles. The van der Waals surface area contributed by atoms with Crippen LogP contribution in [0.1, 0.15) is 21.6 Å². The first-order chi connectivity index (χ1) is 16.5. The number of ether oxygens (including phenoxy) is 1. The van der Waals surface area contributed by atoms with E-state index in [0.717, 1.165) is 28.8 Å². The predicted octanol–water partition coefficient (Wildman–Crippen LogP) is 4.26. The molecule has 6 heteroatoms. The summed E-state index contributed by atoms with van der Waals surface area (Å²) in [4.78, 5) is 40.9. The average molecular weight is 453 g/mol. The summed E-state index contributed by atoms with van der Waals surface area (Å²) in [5.74, 6) is -0.997. The quantitative estimate of drug-likeness (QED) is 0.434. The first-order valence-corrected chi connectivity index (χ1v) is 11.2. The van der Waals surface area contributed by atoms with Gasteiger partial charge in [-0.1, -0.05) is 66.2 Å². The molecule has 0 aliphatic carbocycles. The van der Waals surface area contributed by atoms with Gasteiger partial charge in [-0.3, -0.25) is 9.59 Å². The number of aromatic nitrogens is 1. The van der Waals surface area contributed by atoms with Gasteiger partial charge in [0, 0.05) is 30.2 Å².